The average molecular weight is 325 g/mol. The fraction of sp³-hybridized carbons (Fsp3) is 0.316. The molecule has 5 nitrogen and oxygen atoms in total. The van der Waals surface area contributed by atoms with Crippen LogP contribution in [0, 0.1) is 0 Å². The fourth-order valence-corrected chi connectivity index (χ4v) is 2.43. The molecule has 0 fully saturated rings. The number of nitrogens with zero attached hydrogens (tertiary/aromatic N) is 3. The van der Waals surface area contributed by atoms with Gasteiger partial charge in [-0.15, -0.1) is 0 Å². The lowest BCUT2D eigenvalue weighted by Crippen LogP contribution is -2.41. The molecule has 0 aliphatic carbocycles. The summed E-state index contributed by atoms with van der Waals surface area (Å²) in [5, 5.41) is 0. The Hall–Kier alpha value is -2.69. The molecule has 0 spiro atoms. The van der Waals surface area contributed by atoms with Crippen LogP contribution in [0.3, 0.4) is 0 Å². The highest BCUT2D eigenvalue weighted by molar-refractivity contribution is 5.83. The van der Waals surface area contributed by atoms with Gasteiger partial charge in [0.25, 0.3) is 0 Å². The molecule has 0 aliphatic heterocycles. The van der Waals surface area contributed by atoms with E-state index in [2.05, 4.69) is 4.98 Å². The normalized spacial score (nSPS) is 10.2. The zero-order chi connectivity index (χ0) is 17.4. The van der Waals surface area contributed by atoms with E-state index in [1.54, 1.807) is 22.2 Å². The first kappa shape index (κ1) is 17.7. The van der Waals surface area contributed by atoms with Gasteiger partial charge in [0.05, 0.1) is 0 Å². The summed E-state index contributed by atoms with van der Waals surface area (Å²) in [6.07, 6.45) is 3.40. The lowest BCUT2D eigenvalue weighted by Gasteiger charge is -2.26. The molecule has 1 heterocycles. The van der Waals surface area contributed by atoms with Crippen LogP contribution < -0.4 is 0 Å². The highest BCUT2D eigenvalue weighted by atomic mass is 16.2. The van der Waals surface area contributed by atoms with Crippen molar-refractivity contribution in [2.45, 2.75) is 26.9 Å². The summed E-state index contributed by atoms with van der Waals surface area (Å²) < 4.78 is 0. The number of rotatable bonds is 7. The van der Waals surface area contributed by atoms with Crippen LogP contribution >= 0.6 is 0 Å². The Balaban J connectivity index is 2.01. The van der Waals surface area contributed by atoms with Crippen LogP contribution in [0.5, 0.6) is 0 Å². The summed E-state index contributed by atoms with van der Waals surface area (Å²) in [4.78, 5) is 31.8. The van der Waals surface area contributed by atoms with Crippen LogP contribution in [0.15, 0.2) is 54.9 Å². The van der Waals surface area contributed by atoms with Crippen LogP contribution in [0.2, 0.25) is 0 Å². The largest absolute Gasteiger partial charge is 0.337 e. The molecule has 0 saturated heterocycles. The van der Waals surface area contributed by atoms with Crippen molar-refractivity contribution in [3.63, 3.8) is 0 Å². The van der Waals surface area contributed by atoms with E-state index < -0.39 is 0 Å². The quantitative estimate of drug-likeness (QED) is 0.786. The molecule has 0 radical (unpaired) electrons. The summed E-state index contributed by atoms with van der Waals surface area (Å²) >= 11 is 0. The molecule has 0 bridgehead atoms. The number of carbonyl (C=O) groups excluding carboxylic acids is 2. The third-order valence-corrected chi connectivity index (χ3v) is 3.82. The Bertz CT molecular complexity index is 659. The van der Waals surface area contributed by atoms with Crippen LogP contribution in [0.1, 0.15) is 25.0 Å². The van der Waals surface area contributed by atoms with Crippen molar-refractivity contribution >= 4 is 11.8 Å². The monoisotopic (exact) mass is 325 g/mol. The topological polar surface area (TPSA) is 53.5 Å². The summed E-state index contributed by atoms with van der Waals surface area (Å²) in [5.74, 6) is -0.177. The number of carbonyl (C=O) groups is 2. The second-order valence-corrected chi connectivity index (χ2v) is 5.63. The van der Waals surface area contributed by atoms with Gasteiger partial charge in [-0.25, -0.2) is 0 Å². The predicted octanol–water partition coefficient (Wildman–Crippen LogP) is 2.48. The predicted molar refractivity (Wildman–Crippen MR) is 92.9 cm³/mol. The maximum absolute atomic E-state index is 12.6. The molecule has 2 aromatic rings. The van der Waals surface area contributed by atoms with Crippen molar-refractivity contribution in [3.8, 4) is 0 Å². The lowest BCUT2D eigenvalue weighted by atomic mass is 10.2. The first-order valence-corrected chi connectivity index (χ1v) is 8.06. The number of aromatic nitrogens is 1. The molecule has 1 aromatic carbocycles. The number of hydrogen-bond donors (Lipinski definition) is 0. The summed E-state index contributed by atoms with van der Waals surface area (Å²) in [6.45, 7) is 5.04. The van der Waals surface area contributed by atoms with Gasteiger partial charge >= 0.3 is 0 Å². The van der Waals surface area contributed by atoms with Crippen LogP contribution in [0.25, 0.3) is 0 Å². The standard InChI is InChI=1S/C19H23N3O2/c1-3-21(13-17-8-5-4-6-9-17)19(24)15-22(16(2)23)14-18-10-7-11-20-12-18/h4-12H,3,13-15H2,1-2H3. The molecular weight excluding hydrogens is 302 g/mol. The summed E-state index contributed by atoms with van der Waals surface area (Å²) in [6, 6.07) is 13.6. The minimum absolute atomic E-state index is 0.0551. The molecule has 1 aromatic heterocycles. The molecule has 5 heteroatoms. The number of benzene rings is 1. The van der Waals surface area contributed by atoms with E-state index in [4.69, 9.17) is 0 Å². The van der Waals surface area contributed by atoms with E-state index >= 15 is 0 Å². The van der Waals surface area contributed by atoms with Crippen LogP contribution in [-0.4, -0.2) is 39.7 Å². The molecule has 0 saturated carbocycles. The van der Waals surface area contributed by atoms with Crippen molar-refractivity contribution in [1.29, 1.82) is 0 Å². The third kappa shape index (κ3) is 5.19. The first-order valence-electron chi connectivity index (χ1n) is 8.06. The van der Waals surface area contributed by atoms with Crippen molar-refractivity contribution in [3.05, 3.63) is 66.0 Å². The minimum atomic E-state index is -0.122. The van der Waals surface area contributed by atoms with Gasteiger partial charge in [0.2, 0.25) is 11.8 Å². The maximum Gasteiger partial charge on any atom is 0.242 e. The van der Waals surface area contributed by atoms with Crippen LogP contribution in [-0.2, 0) is 22.7 Å². The molecule has 0 aliphatic rings. The Kier molecular flexibility index (Phi) is 6.49. The van der Waals surface area contributed by atoms with E-state index in [0.717, 1.165) is 11.1 Å². The number of likely N-dealkylation sites (N-methyl/N-ethyl adjacent to an activating group) is 1. The van der Waals surface area contributed by atoms with E-state index in [1.807, 2.05) is 49.4 Å². The van der Waals surface area contributed by atoms with Crippen molar-refractivity contribution in [1.82, 2.24) is 14.8 Å². The van der Waals surface area contributed by atoms with Crippen molar-refractivity contribution in [2.24, 2.45) is 0 Å². The van der Waals surface area contributed by atoms with Crippen molar-refractivity contribution in [2.75, 3.05) is 13.1 Å². The van der Waals surface area contributed by atoms with E-state index in [-0.39, 0.29) is 18.4 Å². The van der Waals surface area contributed by atoms with Gasteiger partial charge in [-0.2, -0.15) is 0 Å². The molecular formula is C19H23N3O2. The van der Waals surface area contributed by atoms with E-state index in [1.165, 1.54) is 6.92 Å². The Labute approximate surface area is 142 Å². The van der Waals surface area contributed by atoms with E-state index in [0.29, 0.717) is 19.6 Å². The number of pyridine rings is 1. The summed E-state index contributed by atoms with van der Waals surface area (Å²) in [7, 11) is 0. The summed E-state index contributed by atoms with van der Waals surface area (Å²) in [5.41, 5.74) is 1.99. The van der Waals surface area contributed by atoms with Crippen LogP contribution in [0.4, 0.5) is 0 Å². The number of hydrogen-bond acceptors (Lipinski definition) is 3. The third-order valence-electron chi connectivity index (χ3n) is 3.82. The molecule has 2 amide bonds. The zero-order valence-electron chi connectivity index (χ0n) is 14.2. The van der Waals surface area contributed by atoms with Gasteiger partial charge in [0, 0.05) is 39.0 Å². The maximum atomic E-state index is 12.6. The Morgan fingerprint density at radius 2 is 1.62 bits per heavy atom. The molecule has 0 atom stereocenters. The highest BCUT2D eigenvalue weighted by Gasteiger charge is 2.18. The SMILES string of the molecule is CCN(Cc1ccccc1)C(=O)CN(Cc1cccnc1)C(C)=O. The molecule has 24 heavy (non-hydrogen) atoms. The van der Waals surface area contributed by atoms with Gasteiger partial charge in [0.15, 0.2) is 0 Å². The fourth-order valence-electron chi connectivity index (χ4n) is 2.43. The molecule has 0 unspecified atom stereocenters. The van der Waals surface area contributed by atoms with E-state index in [9.17, 15) is 9.59 Å². The lowest BCUT2D eigenvalue weighted by molar-refractivity contribution is -0.140. The van der Waals surface area contributed by atoms with Gasteiger partial charge in [0.1, 0.15) is 6.54 Å². The molecule has 126 valence electrons. The Morgan fingerprint density at radius 1 is 0.958 bits per heavy atom. The first-order chi connectivity index (χ1) is 11.6. The average Bonchev–Trinajstić information content (AvgIpc) is 2.60. The van der Waals surface area contributed by atoms with Crippen molar-refractivity contribution < 1.29 is 9.59 Å². The molecule has 0 N–H and O–H groups in total. The molecule has 2 rings (SSSR count). The second-order valence-electron chi connectivity index (χ2n) is 5.63. The smallest absolute Gasteiger partial charge is 0.242 e. The zero-order valence-corrected chi connectivity index (χ0v) is 14.2. The number of amides is 2. The van der Waals surface area contributed by atoms with Gasteiger partial charge in [-0.3, -0.25) is 14.6 Å². The minimum Gasteiger partial charge on any atom is -0.337 e. The second kappa shape index (κ2) is 8.82. The Morgan fingerprint density at radius 3 is 2.21 bits per heavy atom. The van der Waals surface area contributed by atoms with Gasteiger partial charge in [-0.1, -0.05) is 36.4 Å². The van der Waals surface area contributed by atoms with Gasteiger partial charge < -0.3 is 9.80 Å². The van der Waals surface area contributed by atoms with Gasteiger partial charge in [-0.05, 0) is 24.1 Å². The highest BCUT2D eigenvalue weighted by Crippen LogP contribution is 2.08.